The van der Waals surface area contributed by atoms with Crippen molar-refractivity contribution in [3.63, 3.8) is 0 Å². The van der Waals surface area contributed by atoms with Gasteiger partial charge in [-0.25, -0.2) is 0 Å². The van der Waals surface area contributed by atoms with Crippen molar-refractivity contribution in [3.05, 3.63) is 0 Å². The van der Waals surface area contributed by atoms with Gasteiger partial charge in [0.1, 0.15) is 12.2 Å². The molecule has 0 amide bonds. The summed E-state index contributed by atoms with van der Waals surface area (Å²) in [7, 11) is 0. The summed E-state index contributed by atoms with van der Waals surface area (Å²) in [5, 5.41) is 28.3. The zero-order chi connectivity index (χ0) is 12.7. The smallest absolute Gasteiger partial charge is 0.157 e. The van der Waals surface area contributed by atoms with Crippen LogP contribution in [-0.2, 0) is 9.47 Å². The molecule has 4 atom stereocenters. The molecule has 0 spiro atoms. The van der Waals surface area contributed by atoms with Gasteiger partial charge in [0.05, 0.1) is 12.7 Å². The highest BCUT2D eigenvalue weighted by Crippen LogP contribution is 2.19. The summed E-state index contributed by atoms with van der Waals surface area (Å²) in [5.74, 6) is 0. The maximum Gasteiger partial charge on any atom is 0.157 e. The minimum Gasteiger partial charge on any atom is -0.388 e. The Labute approximate surface area is 102 Å². The van der Waals surface area contributed by atoms with Crippen molar-refractivity contribution in [2.24, 2.45) is 0 Å². The number of unbranched alkanes of at least 4 members (excludes halogenated alkanes) is 3. The fourth-order valence-electron chi connectivity index (χ4n) is 1.89. The molecule has 5 heteroatoms. The quantitative estimate of drug-likeness (QED) is 0.428. The lowest BCUT2D eigenvalue weighted by Gasteiger charge is -2.18. The van der Waals surface area contributed by atoms with E-state index < -0.39 is 24.6 Å². The lowest BCUT2D eigenvalue weighted by atomic mass is 10.1. The van der Waals surface area contributed by atoms with Crippen molar-refractivity contribution in [3.8, 4) is 0 Å². The predicted octanol–water partition coefficient (Wildman–Crippen LogP) is 0.412. The lowest BCUT2D eigenvalue weighted by Crippen LogP contribution is -2.33. The van der Waals surface area contributed by atoms with Crippen LogP contribution < -0.4 is 0 Å². The minimum atomic E-state index is -0.929. The third-order valence-corrected chi connectivity index (χ3v) is 3.00. The van der Waals surface area contributed by atoms with Crippen LogP contribution in [0.15, 0.2) is 0 Å². The van der Waals surface area contributed by atoms with E-state index in [0.29, 0.717) is 6.61 Å². The Balaban J connectivity index is 2.06. The molecule has 0 radical (unpaired) electrons. The molecule has 1 rings (SSSR count). The van der Waals surface area contributed by atoms with Gasteiger partial charge in [-0.2, -0.15) is 0 Å². The highest BCUT2D eigenvalue weighted by molar-refractivity contribution is 4.83. The first-order valence-electron chi connectivity index (χ1n) is 6.42. The molecule has 1 saturated heterocycles. The van der Waals surface area contributed by atoms with E-state index in [2.05, 4.69) is 6.92 Å². The second-order valence-corrected chi connectivity index (χ2v) is 4.55. The number of rotatable bonds is 8. The van der Waals surface area contributed by atoms with Crippen LogP contribution in [0.4, 0.5) is 0 Å². The van der Waals surface area contributed by atoms with Crippen molar-refractivity contribution in [1.82, 2.24) is 0 Å². The summed E-state index contributed by atoms with van der Waals surface area (Å²) in [6.45, 7) is 2.78. The molecule has 0 aromatic heterocycles. The third kappa shape index (κ3) is 5.31. The van der Waals surface area contributed by atoms with Crippen LogP contribution in [0.3, 0.4) is 0 Å². The van der Waals surface area contributed by atoms with E-state index in [1.807, 2.05) is 0 Å². The van der Waals surface area contributed by atoms with Gasteiger partial charge in [-0.3, -0.25) is 0 Å². The average molecular weight is 248 g/mol. The van der Waals surface area contributed by atoms with Crippen LogP contribution in [0.2, 0.25) is 0 Å². The molecular weight excluding hydrogens is 224 g/mol. The summed E-state index contributed by atoms with van der Waals surface area (Å²) in [6.07, 6.45) is 1.35. The van der Waals surface area contributed by atoms with E-state index in [0.717, 1.165) is 12.8 Å². The second kappa shape index (κ2) is 8.00. The maximum absolute atomic E-state index is 9.58. The van der Waals surface area contributed by atoms with Crippen LogP contribution in [0.25, 0.3) is 0 Å². The van der Waals surface area contributed by atoms with Gasteiger partial charge in [-0.1, -0.05) is 26.2 Å². The first-order valence-corrected chi connectivity index (χ1v) is 6.42. The molecule has 0 aromatic carbocycles. The molecule has 17 heavy (non-hydrogen) atoms. The second-order valence-electron chi connectivity index (χ2n) is 4.55. The molecule has 0 saturated carbocycles. The number of aliphatic hydroxyl groups excluding tert-OH is 3. The van der Waals surface area contributed by atoms with Gasteiger partial charge >= 0.3 is 0 Å². The minimum absolute atomic E-state index is 0.120. The van der Waals surface area contributed by atoms with Crippen LogP contribution in [0.5, 0.6) is 0 Å². The summed E-state index contributed by atoms with van der Waals surface area (Å²) in [4.78, 5) is 0. The summed E-state index contributed by atoms with van der Waals surface area (Å²) >= 11 is 0. The Morgan fingerprint density at radius 2 is 2.06 bits per heavy atom. The predicted molar refractivity (Wildman–Crippen MR) is 62.5 cm³/mol. The van der Waals surface area contributed by atoms with E-state index in [1.54, 1.807) is 0 Å². The van der Waals surface area contributed by atoms with Gasteiger partial charge in [0, 0.05) is 13.0 Å². The maximum atomic E-state index is 9.58. The van der Waals surface area contributed by atoms with Gasteiger partial charge in [0.15, 0.2) is 6.29 Å². The molecule has 1 aliphatic heterocycles. The molecular formula is C12H24O5. The normalized spacial score (nSPS) is 30.7. The van der Waals surface area contributed by atoms with Gasteiger partial charge in [-0.05, 0) is 6.42 Å². The van der Waals surface area contributed by atoms with Crippen molar-refractivity contribution >= 4 is 0 Å². The van der Waals surface area contributed by atoms with Crippen LogP contribution in [-0.4, -0.2) is 53.1 Å². The molecule has 0 aliphatic carbocycles. The summed E-state index contributed by atoms with van der Waals surface area (Å²) < 4.78 is 10.4. The first-order chi connectivity index (χ1) is 8.15. The van der Waals surface area contributed by atoms with Crippen LogP contribution in [0, 0.1) is 0 Å². The van der Waals surface area contributed by atoms with E-state index >= 15 is 0 Å². The standard InChI is InChI=1S/C12H24O5/c1-2-3-4-5-6-16-11(14)7-10-12(15)9(13)8-17-10/h9-15H,2-8H2,1H3. The van der Waals surface area contributed by atoms with Gasteiger partial charge in [0.2, 0.25) is 0 Å². The zero-order valence-electron chi connectivity index (χ0n) is 10.4. The average Bonchev–Trinajstić information content (AvgIpc) is 2.61. The highest BCUT2D eigenvalue weighted by atomic mass is 16.6. The van der Waals surface area contributed by atoms with Crippen LogP contribution in [0.1, 0.15) is 39.0 Å². The number of hydrogen-bond acceptors (Lipinski definition) is 5. The zero-order valence-corrected chi connectivity index (χ0v) is 10.4. The fraction of sp³-hybridized carbons (Fsp3) is 1.00. The van der Waals surface area contributed by atoms with E-state index in [1.165, 1.54) is 12.8 Å². The van der Waals surface area contributed by atoms with Gasteiger partial charge in [-0.15, -0.1) is 0 Å². The SMILES string of the molecule is CCCCCCOC(O)CC1OCC(O)C1O. The Morgan fingerprint density at radius 1 is 1.29 bits per heavy atom. The summed E-state index contributed by atoms with van der Waals surface area (Å²) in [5.41, 5.74) is 0. The summed E-state index contributed by atoms with van der Waals surface area (Å²) in [6, 6.07) is 0. The Kier molecular flexibility index (Phi) is 6.99. The molecule has 1 heterocycles. The number of aliphatic hydroxyl groups is 3. The lowest BCUT2D eigenvalue weighted by molar-refractivity contribution is -0.130. The molecule has 1 aliphatic rings. The van der Waals surface area contributed by atoms with Crippen molar-refractivity contribution in [2.75, 3.05) is 13.2 Å². The number of hydrogen-bond donors (Lipinski definition) is 3. The molecule has 102 valence electrons. The van der Waals surface area contributed by atoms with Crippen molar-refractivity contribution < 1.29 is 24.8 Å². The number of ether oxygens (including phenoxy) is 2. The van der Waals surface area contributed by atoms with E-state index in [4.69, 9.17) is 9.47 Å². The van der Waals surface area contributed by atoms with Crippen LogP contribution >= 0.6 is 0 Å². The third-order valence-electron chi connectivity index (χ3n) is 3.00. The monoisotopic (exact) mass is 248 g/mol. The fourth-order valence-corrected chi connectivity index (χ4v) is 1.89. The van der Waals surface area contributed by atoms with Crippen molar-refractivity contribution in [2.45, 2.75) is 63.6 Å². The molecule has 1 fully saturated rings. The Bertz CT molecular complexity index is 199. The Morgan fingerprint density at radius 3 is 2.65 bits per heavy atom. The molecule has 0 bridgehead atoms. The van der Waals surface area contributed by atoms with E-state index in [9.17, 15) is 15.3 Å². The van der Waals surface area contributed by atoms with Gasteiger partial charge in [0.25, 0.3) is 0 Å². The topological polar surface area (TPSA) is 79.2 Å². The van der Waals surface area contributed by atoms with Crippen molar-refractivity contribution in [1.29, 1.82) is 0 Å². The molecule has 3 N–H and O–H groups in total. The molecule has 4 unspecified atom stereocenters. The largest absolute Gasteiger partial charge is 0.388 e. The highest BCUT2D eigenvalue weighted by Gasteiger charge is 2.35. The molecule has 5 nitrogen and oxygen atoms in total. The van der Waals surface area contributed by atoms with E-state index in [-0.39, 0.29) is 13.0 Å². The van der Waals surface area contributed by atoms with Gasteiger partial charge < -0.3 is 24.8 Å². The first kappa shape index (κ1) is 14.9. The Hall–Kier alpha value is -0.200. The molecule has 0 aromatic rings.